The lowest BCUT2D eigenvalue weighted by molar-refractivity contribution is -0.131. The van der Waals surface area contributed by atoms with Gasteiger partial charge in [-0.2, -0.15) is 0 Å². The summed E-state index contributed by atoms with van der Waals surface area (Å²) in [7, 11) is 0. The van der Waals surface area contributed by atoms with E-state index in [0.717, 1.165) is 37.7 Å². The van der Waals surface area contributed by atoms with Gasteiger partial charge in [0.2, 0.25) is 17.7 Å². The number of thiazole rings is 1. The predicted molar refractivity (Wildman–Crippen MR) is 192 cm³/mol. The lowest BCUT2D eigenvalue weighted by atomic mass is 9.83. The van der Waals surface area contributed by atoms with Crippen LogP contribution in [-0.4, -0.2) is 70.3 Å². The van der Waals surface area contributed by atoms with Crippen LogP contribution in [0.3, 0.4) is 0 Å². The third kappa shape index (κ3) is 15.7. The van der Waals surface area contributed by atoms with Crippen LogP contribution in [0.15, 0.2) is 41.2 Å². The molecule has 0 radical (unpaired) electrons. The Hall–Kier alpha value is -3.51. The first-order valence-electron chi connectivity index (χ1n) is 17.7. The monoisotopic (exact) mass is 699 g/mol. The summed E-state index contributed by atoms with van der Waals surface area (Å²) in [5, 5.41) is 24.7. The number of benzene rings is 1. The number of aliphatic hydroxyl groups is 1. The van der Waals surface area contributed by atoms with Crippen LogP contribution in [0.1, 0.15) is 104 Å². The van der Waals surface area contributed by atoms with Gasteiger partial charge in [-0.1, -0.05) is 76.3 Å². The molecule has 49 heavy (non-hydrogen) atoms. The highest BCUT2D eigenvalue weighted by atomic mass is 32.1. The normalized spacial score (nSPS) is 16.2. The van der Waals surface area contributed by atoms with Crippen molar-refractivity contribution in [2.24, 2.45) is 11.8 Å². The lowest BCUT2D eigenvalue weighted by Gasteiger charge is -2.32. The van der Waals surface area contributed by atoms with Gasteiger partial charge in [0.1, 0.15) is 17.7 Å². The van der Waals surface area contributed by atoms with Gasteiger partial charge in [-0.15, -0.1) is 11.3 Å². The summed E-state index contributed by atoms with van der Waals surface area (Å²) in [6.45, 7) is 9.66. The van der Waals surface area contributed by atoms with Crippen LogP contribution < -0.4 is 21.3 Å². The Kier molecular flexibility index (Phi) is 16.5. The average molecular weight is 700 g/mol. The molecule has 1 aliphatic rings. The third-order valence-electron chi connectivity index (χ3n) is 8.63. The van der Waals surface area contributed by atoms with E-state index in [2.05, 4.69) is 40.1 Å². The molecule has 1 aromatic heterocycles. The fraction of sp³-hybridized carbons (Fsp3) is 0.649. The molecular weight excluding hydrogens is 643 g/mol. The van der Waals surface area contributed by atoms with Gasteiger partial charge < -0.3 is 31.1 Å². The Morgan fingerprint density at radius 1 is 0.939 bits per heavy atom. The minimum Gasteiger partial charge on any atom is -0.444 e. The van der Waals surface area contributed by atoms with E-state index in [1.165, 1.54) is 17.8 Å². The standard InChI is InChI=1S/C37H57N5O6S/c1-25(2)16-17-33(44)38-19-18-32(43)29(20-26-12-8-6-9-13-26)40-35(46)31(22-28-23-49-24-39-28)41-34(45)30(21-27-14-10-7-11-15-27)42-36(47)48-37(3,4)5/h7,10-11,14-15,23-26,29-32,43H,6,8-9,12-13,16-22H2,1-5H3,(H,38,44)(H,40,46)(H,41,45)(H,42,47)/t29-,30-,31-,32-/m0/s1. The first-order chi connectivity index (χ1) is 23.3. The summed E-state index contributed by atoms with van der Waals surface area (Å²) in [5.74, 6) is -0.263. The molecule has 1 saturated carbocycles. The van der Waals surface area contributed by atoms with Crippen molar-refractivity contribution >= 4 is 35.2 Å². The van der Waals surface area contributed by atoms with E-state index in [4.69, 9.17) is 4.74 Å². The summed E-state index contributed by atoms with van der Waals surface area (Å²) < 4.78 is 5.44. The summed E-state index contributed by atoms with van der Waals surface area (Å²) in [6, 6.07) is 6.68. The molecule has 1 fully saturated rings. The van der Waals surface area contributed by atoms with Crippen molar-refractivity contribution in [2.75, 3.05) is 6.54 Å². The Morgan fingerprint density at radius 2 is 1.61 bits per heavy atom. The molecule has 0 unspecified atom stereocenters. The van der Waals surface area contributed by atoms with Gasteiger partial charge in [-0.25, -0.2) is 9.78 Å². The molecule has 1 heterocycles. The predicted octanol–water partition coefficient (Wildman–Crippen LogP) is 5.07. The van der Waals surface area contributed by atoms with E-state index in [0.29, 0.717) is 36.9 Å². The van der Waals surface area contributed by atoms with Gasteiger partial charge in [-0.3, -0.25) is 14.4 Å². The molecule has 0 saturated heterocycles. The van der Waals surface area contributed by atoms with Crippen LogP contribution in [0.5, 0.6) is 0 Å². The fourth-order valence-electron chi connectivity index (χ4n) is 5.98. The van der Waals surface area contributed by atoms with Crippen LogP contribution >= 0.6 is 11.3 Å². The van der Waals surface area contributed by atoms with Crippen molar-refractivity contribution in [3.05, 3.63) is 52.5 Å². The van der Waals surface area contributed by atoms with E-state index in [1.807, 2.05) is 35.7 Å². The second-order valence-corrected chi connectivity index (χ2v) is 15.3. The van der Waals surface area contributed by atoms with Gasteiger partial charge in [0, 0.05) is 31.2 Å². The molecule has 2 aromatic rings. The number of aromatic nitrogens is 1. The van der Waals surface area contributed by atoms with Crippen LogP contribution in [0.25, 0.3) is 0 Å². The number of carbonyl (C=O) groups excluding carboxylic acids is 4. The molecule has 4 amide bonds. The quantitative estimate of drug-likeness (QED) is 0.145. The molecule has 12 heteroatoms. The maximum Gasteiger partial charge on any atom is 0.408 e. The van der Waals surface area contributed by atoms with Gasteiger partial charge in [0.25, 0.3) is 0 Å². The zero-order valence-electron chi connectivity index (χ0n) is 29.8. The average Bonchev–Trinajstić information content (AvgIpc) is 3.56. The highest BCUT2D eigenvalue weighted by Crippen LogP contribution is 2.28. The highest BCUT2D eigenvalue weighted by Gasteiger charge is 2.32. The molecule has 3 rings (SSSR count). The molecule has 1 aromatic carbocycles. The van der Waals surface area contributed by atoms with E-state index < -0.39 is 47.7 Å². The number of carbonyl (C=O) groups is 4. The first kappa shape index (κ1) is 39.9. The number of nitrogens with one attached hydrogen (secondary N) is 4. The van der Waals surface area contributed by atoms with Crippen molar-refractivity contribution in [2.45, 2.75) is 135 Å². The van der Waals surface area contributed by atoms with E-state index in [9.17, 15) is 24.3 Å². The Bertz CT molecular complexity index is 1290. The van der Waals surface area contributed by atoms with Crippen molar-refractivity contribution in [1.29, 1.82) is 0 Å². The van der Waals surface area contributed by atoms with Crippen LogP contribution in [0.2, 0.25) is 0 Å². The zero-order valence-corrected chi connectivity index (χ0v) is 30.7. The highest BCUT2D eigenvalue weighted by molar-refractivity contribution is 7.07. The van der Waals surface area contributed by atoms with Gasteiger partial charge >= 0.3 is 6.09 Å². The van der Waals surface area contributed by atoms with Crippen LogP contribution in [0, 0.1) is 11.8 Å². The van der Waals surface area contributed by atoms with Gasteiger partial charge in [-0.05, 0) is 57.4 Å². The van der Waals surface area contributed by atoms with Crippen molar-refractivity contribution in [3.63, 3.8) is 0 Å². The third-order valence-corrected chi connectivity index (χ3v) is 9.27. The SMILES string of the molecule is CC(C)CCC(=O)NCC[C@H](O)[C@H](CC1CCCCC1)NC(=O)[C@H](Cc1cscn1)NC(=O)[C@H](Cc1ccccc1)NC(=O)OC(C)(C)C. The molecule has 0 aliphatic heterocycles. The summed E-state index contributed by atoms with van der Waals surface area (Å²) in [5.41, 5.74) is 2.36. The van der Waals surface area contributed by atoms with E-state index in [-0.39, 0.29) is 25.2 Å². The van der Waals surface area contributed by atoms with Gasteiger partial charge in [0.05, 0.1) is 23.4 Å². The Morgan fingerprint density at radius 3 is 2.24 bits per heavy atom. The number of alkyl carbamates (subject to hydrolysis) is 1. The zero-order chi connectivity index (χ0) is 35.8. The van der Waals surface area contributed by atoms with E-state index in [1.54, 1.807) is 26.3 Å². The molecular formula is C37H57N5O6S. The van der Waals surface area contributed by atoms with Crippen molar-refractivity contribution < 1.29 is 29.0 Å². The lowest BCUT2D eigenvalue weighted by Crippen LogP contribution is -2.57. The fourth-order valence-corrected chi connectivity index (χ4v) is 6.56. The molecule has 11 nitrogen and oxygen atoms in total. The summed E-state index contributed by atoms with van der Waals surface area (Å²) in [4.78, 5) is 57.3. The van der Waals surface area contributed by atoms with Crippen molar-refractivity contribution in [1.82, 2.24) is 26.3 Å². The van der Waals surface area contributed by atoms with Crippen LogP contribution in [-0.2, 0) is 32.0 Å². The van der Waals surface area contributed by atoms with Crippen molar-refractivity contribution in [3.8, 4) is 0 Å². The first-order valence-corrected chi connectivity index (χ1v) is 18.7. The second-order valence-electron chi connectivity index (χ2n) is 14.6. The number of aliphatic hydroxyl groups excluding tert-OH is 1. The molecule has 272 valence electrons. The second kappa shape index (κ2) is 20.2. The number of ether oxygens (including phenoxy) is 1. The molecule has 1 aliphatic carbocycles. The Labute approximate surface area is 295 Å². The molecule has 5 N–H and O–H groups in total. The number of nitrogens with zero attached hydrogens (tertiary/aromatic N) is 1. The minimum atomic E-state index is -1.02. The molecule has 0 bridgehead atoms. The maximum atomic E-state index is 14.0. The number of hydrogen-bond donors (Lipinski definition) is 5. The maximum absolute atomic E-state index is 14.0. The number of hydrogen-bond acceptors (Lipinski definition) is 8. The molecule has 4 atom stereocenters. The van der Waals surface area contributed by atoms with Gasteiger partial charge in [0.15, 0.2) is 0 Å². The van der Waals surface area contributed by atoms with Crippen LogP contribution in [0.4, 0.5) is 4.79 Å². The largest absolute Gasteiger partial charge is 0.444 e. The Balaban J connectivity index is 1.77. The smallest absolute Gasteiger partial charge is 0.408 e. The molecule has 0 spiro atoms. The topological polar surface area (TPSA) is 159 Å². The number of rotatable bonds is 18. The summed E-state index contributed by atoms with van der Waals surface area (Å²) in [6.07, 6.45) is 6.25. The number of amides is 4. The summed E-state index contributed by atoms with van der Waals surface area (Å²) >= 11 is 1.39. The van der Waals surface area contributed by atoms with E-state index >= 15 is 0 Å². The minimum absolute atomic E-state index is 0.0511.